The second-order valence-electron chi connectivity index (χ2n) is 4.53. The summed E-state index contributed by atoms with van der Waals surface area (Å²) in [5, 5.41) is 0.662. The van der Waals surface area contributed by atoms with Gasteiger partial charge in [-0.25, -0.2) is 0 Å². The van der Waals surface area contributed by atoms with Crippen LogP contribution in [0.5, 0.6) is 5.75 Å². The average molecular weight is 249 g/mol. The van der Waals surface area contributed by atoms with Gasteiger partial charge in [-0.2, -0.15) is 11.8 Å². The average Bonchev–Trinajstić information content (AvgIpc) is 3.00. The maximum absolute atomic E-state index is 12.4. The summed E-state index contributed by atoms with van der Waals surface area (Å²) in [6.07, 6.45) is 1.17. The molecule has 1 aromatic carbocycles. The van der Waals surface area contributed by atoms with Crippen LogP contribution in [0, 0.1) is 0 Å². The molecule has 3 rings (SSSR count). The molecule has 0 spiro atoms. The molecule has 2 aliphatic rings. The smallest absolute Gasteiger partial charge is 0.254 e. The van der Waals surface area contributed by atoms with Crippen molar-refractivity contribution >= 4 is 17.7 Å². The van der Waals surface area contributed by atoms with E-state index in [9.17, 15) is 4.79 Å². The van der Waals surface area contributed by atoms with Crippen LogP contribution in [0.4, 0.5) is 0 Å². The third kappa shape index (κ3) is 1.90. The molecule has 1 amide bonds. The van der Waals surface area contributed by atoms with Crippen LogP contribution < -0.4 is 4.74 Å². The standard InChI is InChI=1S/C13H15NO2S/c1-16-11-4-2-3-9(5-11)13(15)14-7-12-6-10(14)8-17-12/h2-5,10,12H,6-8H2,1H3. The minimum atomic E-state index is 0.150. The Labute approximate surface area is 105 Å². The molecule has 2 aliphatic heterocycles. The van der Waals surface area contributed by atoms with E-state index in [1.54, 1.807) is 7.11 Å². The fraction of sp³-hybridized carbons (Fsp3) is 0.462. The third-order valence-corrected chi connectivity index (χ3v) is 4.87. The summed E-state index contributed by atoms with van der Waals surface area (Å²) in [6, 6.07) is 7.87. The van der Waals surface area contributed by atoms with Crippen LogP contribution in [0.1, 0.15) is 16.8 Å². The van der Waals surface area contributed by atoms with Crippen LogP contribution in [0.25, 0.3) is 0 Å². The van der Waals surface area contributed by atoms with Crippen LogP contribution in [0.2, 0.25) is 0 Å². The van der Waals surface area contributed by atoms with Crippen molar-refractivity contribution in [1.29, 1.82) is 0 Å². The maximum Gasteiger partial charge on any atom is 0.254 e. The van der Waals surface area contributed by atoms with E-state index in [0.717, 1.165) is 23.6 Å². The molecule has 2 fully saturated rings. The number of fused-ring (bicyclic) bond motifs is 2. The van der Waals surface area contributed by atoms with E-state index in [-0.39, 0.29) is 5.91 Å². The molecule has 2 atom stereocenters. The second kappa shape index (κ2) is 4.26. The molecule has 2 heterocycles. The largest absolute Gasteiger partial charge is 0.497 e. The number of benzene rings is 1. The highest BCUT2D eigenvalue weighted by atomic mass is 32.2. The summed E-state index contributed by atoms with van der Waals surface area (Å²) in [6.45, 7) is 0.908. The Morgan fingerprint density at radius 2 is 2.41 bits per heavy atom. The van der Waals surface area contributed by atoms with Gasteiger partial charge in [-0.15, -0.1) is 0 Å². The van der Waals surface area contributed by atoms with Crippen LogP contribution in [-0.4, -0.2) is 41.5 Å². The zero-order valence-corrected chi connectivity index (χ0v) is 10.6. The Hall–Kier alpha value is -1.16. The molecular formula is C13H15NO2S. The van der Waals surface area contributed by atoms with Crippen molar-refractivity contribution < 1.29 is 9.53 Å². The minimum Gasteiger partial charge on any atom is -0.497 e. The van der Waals surface area contributed by atoms with Gasteiger partial charge in [-0.3, -0.25) is 4.79 Å². The molecule has 2 bridgehead atoms. The lowest BCUT2D eigenvalue weighted by Gasteiger charge is -2.26. The quantitative estimate of drug-likeness (QED) is 0.803. The van der Waals surface area contributed by atoms with Gasteiger partial charge in [0.05, 0.1) is 7.11 Å². The van der Waals surface area contributed by atoms with Crippen molar-refractivity contribution in [3.63, 3.8) is 0 Å². The topological polar surface area (TPSA) is 29.5 Å². The lowest BCUT2D eigenvalue weighted by Crippen LogP contribution is -2.39. The Kier molecular flexibility index (Phi) is 2.74. The number of hydrogen-bond acceptors (Lipinski definition) is 3. The minimum absolute atomic E-state index is 0.150. The number of carbonyl (C=O) groups is 1. The van der Waals surface area contributed by atoms with E-state index >= 15 is 0 Å². The molecule has 3 nitrogen and oxygen atoms in total. The molecule has 2 saturated heterocycles. The fourth-order valence-electron chi connectivity index (χ4n) is 2.57. The van der Waals surface area contributed by atoms with Gasteiger partial charge >= 0.3 is 0 Å². The zero-order valence-electron chi connectivity index (χ0n) is 9.76. The monoisotopic (exact) mass is 249 g/mol. The Morgan fingerprint density at radius 1 is 1.53 bits per heavy atom. The highest BCUT2D eigenvalue weighted by molar-refractivity contribution is 8.00. The van der Waals surface area contributed by atoms with E-state index in [1.165, 1.54) is 6.42 Å². The van der Waals surface area contributed by atoms with Crippen molar-refractivity contribution in [1.82, 2.24) is 4.90 Å². The van der Waals surface area contributed by atoms with Crippen molar-refractivity contribution in [2.45, 2.75) is 17.7 Å². The van der Waals surface area contributed by atoms with Crippen molar-refractivity contribution in [3.05, 3.63) is 29.8 Å². The molecule has 1 aromatic rings. The van der Waals surface area contributed by atoms with Gasteiger partial charge in [-0.1, -0.05) is 6.07 Å². The highest BCUT2D eigenvalue weighted by Crippen LogP contribution is 2.38. The zero-order chi connectivity index (χ0) is 11.8. The number of thioether (sulfide) groups is 1. The Bertz CT molecular complexity index is 449. The number of likely N-dealkylation sites (tertiary alicyclic amines) is 1. The molecule has 0 aromatic heterocycles. The number of methoxy groups -OCH3 is 1. The number of ether oxygens (including phenoxy) is 1. The summed E-state index contributed by atoms with van der Waals surface area (Å²) in [5.41, 5.74) is 0.738. The van der Waals surface area contributed by atoms with Gasteiger partial charge in [0, 0.05) is 29.2 Å². The van der Waals surface area contributed by atoms with Crippen molar-refractivity contribution in [2.24, 2.45) is 0 Å². The van der Waals surface area contributed by atoms with Gasteiger partial charge < -0.3 is 9.64 Å². The number of rotatable bonds is 2. The normalized spacial score (nSPS) is 26.3. The number of nitrogens with zero attached hydrogens (tertiary/aromatic N) is 1. The van der Waals surface area contributed by atoms with Gasteiger partial charge in [0.25, 0.3) is 5.91 Å². The first-order valence-electron chi connectivity index (χ1n) is 5.84. The van der Waals surface area contributed by atoms with E-state index < -0.39 is 0 Å². The molecule has 90 valence electrons. The van der Waals surface area contributed by atoms with E-state index in [2.05, 4.69) is 0 Å². The van der Waals surface area contributed by atoms with Gasteiger partial charge in [0.15, 0.2) is 0 Å². The lowest BCUT2D eigenvalue weighted by molar-refractivity contribution is 0.0747. The number of carbonyl (C=O) groups excluding carboxylic acids is 1. The van der Waals surface area contributed by atoms with Crippen LogP contribution in [0.3, 0.4) is 0 Å². The van der Waals surface area contributed by atoms with E-state index in [1.807, 2.05) is 40.9 Å². The second-order valence-corrected chi connectivity index (χ2v) is 5.87. The third-order valence-electron chi connectivity index (χ3n) is 3.48. The van der Waals surface area contributed by atoms with Gasteiger partial charge in [-0.05, 0) is 24.6 Å². The Morgan fingerprint density at radius 3 is 3.06 bits per heavy atom. The molecule has 0 aliphatic carbocycles. The molecule has 0 radical (unpaired) electrons. The first kappa shape index (κ1) is 11.0. The van der Waals surface area contributed by atoms with E-state index in [0.29, 0.717) is 11.3 Å². The number of hydrogen-bond donors (Lipinski definition) is 0. The predicted octanol–water partition coefficient (Wildman–Crippen LogP) is 2.03. The van der Waals surface area contributed by atoms with Crippen LogP contribution in [0.15, 0.2) is 24.3 Å². The molecule has 0 N–H and O–H groups in total. The lowest BCUT2D eigenvalue weighted by atomic mass is 10.1. The summed E-state index contributed by atoms with van der Waals surface area (Å²) >= 11 is 2.00. The summed E-state index contributed by atoms with van der Waals surface area (Å²) in [4.78, 5) is 14.4. The van der Waals surface area contributed by atoms with Crippen molar-refractivity contribution in [3.8, 4) is 5.75 Å². The Balaban J connectivity index is 1.81. The maximum atomic E-state index is 12.4. The number of amides is 1. The summed E-state index contributed by atoms with van der Waals surface area (Å²) in [7, 11) is 1.62. The summed E-state index contributed by atoms with van der Waals surface area (Å²) < 4.78 is 5.15. The SMILES string of the molecule is COc1cccc(C(=O)N2CC3CC2CS3)c1. The molecular weight excluding hydrogens is 234 g/mol. The molecule has 2 unspecified atom stereocenters. The molecule has 4 heteroatoms. The first-order chi connectivity index (χ1) is 8.28. The summed E-state index contributed by atoms with van der Waals surface area (Å²) in [5.74, 6) is 1.99. The van der Waals surface area contributed by atoms with Crippen molar-refractivity contribution in [2.75, 3.05) is 19.4 Å². The first-order valence-corrected chi connectivity index (χ1v) is 6.89. The fourth-order valence-corrected chi connectivity index (χ4v) is 4.00. The van der Waals surface area contributed by atoms with Gasteiger partial charge in [0.2, 0.25) is 0 Å². The predicted molar refractivity (Wildman–Crippen MR) is 68.7 cm³/mol. The highest BCUT2D eigenvalue weighted by Gasteiger charge is 2.41. The molecule has 0 saturated carbocycles. The van der Waals surface area contributed by atoms with Crippen LogP contribution >= 0.6 is 11.8 Å². The van der Waals surface area contributed by atoms with E-state index in [4.69, 9.17) is 4.74 Å². The molecule has 17 heavy (non-hydrogen) atoms. The van der Waals surface area contributed by atoms with Crippen LogP contribution in [-0.2, 0) is 0 Å². The van der Waals surface area contributed by atoms with Gasteiger partial charge in [0.1, 0.15) is 5.75 Å².